The average molecular weight is 429 g/mol. The molecular formula is C24H29FN2O4. The molecule has 0 spiro atoms. The van der Waals surface area contributed by atoms with Crippen LogP contribution in [-0.4, -0.2) is 44.5 Å². The van der Waals surface area contributed by atoms with Gasteiger partial charge in [0.25, 0.3) is 0 Å². The standard InChI is InChI=1S/C24H29FN2O4/c1-17(28)18-10-11-22(23(14-18)30-2)31-13-5-9-24(29)26-20-7-4-12-27(16-20)21-8-3-6-19(25)15-21/h3,6,8,10-11,14-15,20H,4-5,7,9,12-13,16H2,1-2H3,(H,26,29). The Hall–Kier alpha value is -3.09. The summed E-state index contributed by atoms with van der Waals surface area (Å²) in [5, 5.41) is 3.08. The molecule has 1 aliphatic heterocycles. The van der Waals surface area contributed by atoms with Gasteiger partial charge in [0.05, 0.1) is 13.7 Å². The number of ether oxygens (including phenoxy) is 2. The number of methoxy groups -OCH3 is 1. The first kappa shape index (κ1) is 22.6. The van der Waals surface area contributed by atoms with Crippen molar-refractivity contribution in [1.29, 1.82) is 0 Å². The molecule has 2 aromatic carbocycles. The average Bonchev–Trinajstić information content (AvgIpc) is 2.76. The highest BCUT2D eigenvalue weighted by molar-refractivity contribution is 5.94. The van der Waals surface area contributed by atoms with Crippen LogP contribution in [0.2, 0.25) is 0 Å². The topological polar surface area (TPSA) is 67.9 Å². The van der Waals surface area contributed by atoms with E-state index in [2.05, 4.69) is 10.2 Å². The number of ketones is 1. The van der Waals surface area contributed by atoms with Crippen LogP contribution in [0.1, 0.15) is 43.0 Å². The van der Waals surface area contributed by atoms with Crippen molar-refractivity contribution in [2.45, 2.75) is 38.6 Å². The molecule has 3 rings (SSSR count). The van der Waals surface area contributed by atoms with Gasteiger partial charge in [-0.2, -0.15) is 0 Å². The van der Waals surface area contributed by atoms with Crippen LogP contribution in [0.25, 0.3) is 0 Å². The molecule has 1 heterocycles. The van der Waals surface area contributed by atoms with Gasteiger partial charge in [-0.05, 0) is 62.6 Å². The van der Waals surface area contributed by atoms with Gasteiger partial charge in [0.15, 0.2) is 17.3 Å². The molecule has 1 fully saturated rings. The third-order valence-corrected chi connectivity index (χ3v) is 5.34. The maximum atomic E-state index is 13.5. The molecule has 166 valence electrons. The molecule has 2 aromatic rings. The van der Waals surface area contributed by atoms with Crippen LogP contribution in [0.5, 0.6) is 11.5 Å². The van der Waals surface area contributed by atoms with Gasteiger partial charge in [-0.1, -0.05) is 6.07 Å². The number of hydrogen-bond donors (Lipinski definition) is 1. The van der Waals surface area contributed by atoms with Gasteiger partial charge in [-0.3, -0.25) is 9.59 Å². The molecule has 6 nitrogen and oxygen atoms in total. The van der Waals surface area contributed by atoms with Gasteiger partial charge in [0.1, 0.15) is 5.82 Å². The van der Waals surface area contributed by atoms with Crippen molar-refractivity contribution < 1.29 is 23.5 Å². The molecule has 0 bridgehead atoms. The molecule has 0 saturated carbocycles. The van der Waals surface area contributed by atoms with Crippen molar-refractivity contribution in [2.24, 2.45) is 0 Å². The van der Waals surface area contributed by atoms with E-state index in [-0.39, 0.29) is 23.5 Å². The molecule has 0 radical (unpaired) electrons. The van der Waals surface area contributed by atoms with E-state index in [9.17, 15) is 14.0 Å². The predicted octanol–water partition coefficient (Wildman–Crippen LogP) is 3.98. The van der Waals surface area contributed by atoms with E-state index >= 15 is 0 Å². The minimum Gasteiger partial charge on any atom is -0.493 e. The van der Waals surface area contributed by atoms with Crippen molar-refractivity contribution in [3.63, 3.8) is 0 Å². The van der Waals surface area contributed by atoms with Crippen molar-refractivity contribution in [2.75, 3.05) is 31.7 Å². The Kier molecular flexibility index (Phi) is 7.87. The van der Waals surface area contributed by atoms with Gasteiger partial charge < -0.3 is 19.7 Å². The number of hydrogen-bond acceptors (Lipinski definition) is 5. The minimum atomic E-state index is -0.253. The second-order valence-electron chi connectivity index (χ2n) is 7.71. The monoisotopic (exact) mass is 428 g/mol. The maximum Gasteiger partial charge on any atom is 0.220 e. The molecule has 1 aliphatic rings. The Morgan fingerprint density at radius 2 is 2.03 bits per heavy atom. The largest absolute Gasteiger partial charge is 0.493 e. The Morgan fingerprint density at radius 3 is 2.77 bits per heavy atom. The molecule has 1 N–H and O–H groups in total. The van der Waals surface area contributed by atoms with Crippen LogP contribution in [0.3, 0.4) is 0 Å². The van der Waals surface area contributed by atoms with Crippen molar-refractivity contribution in [3.05, 3.63) is 53.8 Å². The highest BCUT2D eigenvalue weighted by Crippen LogP contribution is 2.28. The third-order valence-electron chi connectivity index (χ3n) is 5.34. The number of Topliss-reactive ketones (excluding diaryl/α,β-unsaturated/α-hetero) is 1. The molecule has 7 heteroatoms. The van der Waals surface area contributed by atoms with Crippen LogP contribution >= 0.6 is 0 Å². The second-order valence-corrected chi connectivity index (χ2v) is 7.71. The molecule has 0 aromatic heterocycles. The Bertz CT molecular complexity index is 918. The van der Waals surface area contributed by atoms with E-state index < -0.39 is 0 Å². The Labute approximate surface area is 182 Å². The fourth-order valence-corrected chi connectivity index (χ4v) is 3.72. The van der Waals surface area contributed by atoms with Crippen molar-refractivity contribution in [3.8, 4) is 11.5 Å². The summed E-state index contributed by atoms with van der Waals surface area (Å²) in [7, 11) is 1.52. The zero-order chi connectivity index (χ0) is 22.2. The van der Waals surface area contributed by atoms with E-state index in [1.165, 1.54) is 26.2 Å². The number of piperidine rings is 1. The fourth-order valence-electron chi connectivity index (χ4n) is 3.72. The van der Waals surface area contributed by atoms with E-state index in [0.29, 0.717) is 43.1 Å². The normalized spacial score (nSPS) is 16.0. The number of carbonyl (C=O) groups is 2. The number of rotatable bonds is 9. The lowest BCUT2D eigenvalue weighted by molar-refractivity contribution is -0.122. The first-order valence-corrected chi connectivity index (χ1v) is 10.6. The number of benzene rings is 2. The molecule has 1 amide bonds. The number of halogens is 1. The number of carbonyl (C=O) groups excluding carboxylic acids is 2. The summed E-state index contributed by atoms with van der Waals surface area (Å²) in [6, 6.07) is 11.7. The van der Waals surface area contributed by atoms with Gasteiger partial charge in [-0.15, -0.1) is 0 Å². The zero-order valence-electron chi connectivity index (χ0n) is 18.0. The molecular weight excluding hydrogens is 399 g/mol. The molecule has 1 saturated heterocycles. The summed E-state index contributed by atoms with van der Waals surface area (Å²) >= 11 is 0. The minimum absolute atomic E-state index is 0.0198. The van der Waals surface area contributed by atoms with E-state index in [1.807, 2.05) is 6.07 Å². The summed E-state index contributed by atoms with van der Waals surface area (Å²) in [6.07, 6.45) is 2.77. The molecule has 31 heavy (non-hydrogen) atoms. The van der Waals surface area contributed by atoms with Gasteiger partial charge in [0.2, 0.25) is 5.91 Å². The van der Waals surface area contributed by atoms with Crippen molar-refractivity contribution >= 4 is 17.4 Å². The first-order chi connectivity index (χ1) is 15.0. The second kappa shape index (κ2) is 10.8. The van der Waals surface area contributed by atoms with E-state index in [0.717, 1.165) is 25.1 Å². The fraction of sp³-hybridized carbons (Fsp3) is 0.417. The summed E-state index contributed by atoms with van der Waals surface area (Å²) in [6.45, 7) is 3.39. The number of amides is 1. The summed E-state index contributed by atoms with van der Waals surface area (Å²) in [5.41, 5.74) is 1.40. The van der Waals surface area contributed by atoms with Crippen LogP contribution in [-0.2, 0) is 4.79 Å². The van der Waals surface area contributed by atoms with Crippen LogP contribution < -0.4 is 19.7 Å². The highest BCUT2D eigenvalue weighted by atomic mass is 19.1. The molecule has 0 aliphatic carbocycles. The summed E-state index contributed by atoms with van der Waals surface area (Å²) in [4.78, 5) is 25.9. The molecule has 1 atom stereocenters. The zero-order valence-corrected chi connectivity index (χ0v) is 18.0. The lowest BCUT2D eigenvalue weighted by Gasteiger charge is -2.34. The number of anilines is 1. The third kappa shape index (κ3) is 6.44. The maximum absolute atomic E-state index is 13.5. The Balaban J connectivity index is 1.43. The lowest BCUT2D eigenvalue weighted by atomic mass is 10.0. The Morgan fingerprint density at radius 1 is 1.19 bits per heavy atom. The predicted molar refractivity (Wildman–Crippen MR) is 118 cm³/mol. The van der Waals surface area contributed by atoms with Gasteiger partial charge in [-0.25, -0.2) is 4.39 Å². The van der Waals surface area contributed by atoms with Crippen molar-refractivity contribution in [1.82, 2.24) is 5.32 Å². The van der Waals surface area contributed by atoms with Gasteiger partial charge in [0, 0.05) is 36.8 Å². The number of nitrogens with one attached hydrogen (secondary N) is 1. The summed E-state index contributed by atoms with van der Waals surface area (Å²) in [5.74, 6) is 0.729. The highest BCUT2D eigenvalue weighted by Gasteiger charge is 2.21. The van der Waals surface area contributed by atoms with Gasteiger partial charge >= 0.3 is 0 Å². The van der Waals surface area contributed by atoms with E-state index in [4.69, 9.17) is 9.47 Å². The van der Waals surface area contributed by atoms with E-state index in [1.54, 1.807) is 24.3 Å². The molecule has 1 unspecified atom stereocenters. The van der Waals surface area contributed by atoms with Crippen LogP contribution in [0.4, 0.5) is 10.1 Å². The first-order valence-electron chi connectivity index (χ1n) is 10.6. The van der Waals surface area contributed by atoms with Crippen LogP contribution in [0.15, 0.2) is 42.5 Å². The smallest absolute Gasteiger partial charge is 0.220 e. The SMILES string of the molecule is COc1cc(C(C)=O)ccc1OCCCC(=O)NC1CCCN(c2cccc(F)c2)C1. The quantitative estimate of drug-likeness (QED) is 0.483. The number of nitrogens with zero attached hydrogens (tertiary/aromatic N) is 1. The van der Waals surface area contributed by atoms with Crippen LogP contribution in [0, 0.1) is 5.82 Å². The lowest BCUT2D eigenvalue weighted by Crippen LogP contribution is -2.47. The summed E-state index contributed by atoms with van der Waals surface area (Å²) < 4.78 is 24.5.